The molecule has 1 N–H and O–H groups in total. The average molecular weight is 356 g/mol. The van der Waals surface area contributed by atoms with Gasteiger partial charge in [-0.2, -0.15) is 0 Å². The number of amides is 2. The number of carbonyl (C=O) groups excluding carboxylic acids is 2. The van der Waals surface area contributed by atoms with E-state index < -0.39 is 0 Å². The largest absolute Gasteiger partial charge is 0.356 e. The van der Waals surface area contributed by atoms with Crippen LogP contribution in [0.3, 0.4) is 0 Å². The Morgan fingerprint density at radius 3 is 2.65 bits per heavy atom. The zero-order valence-corrected chi connectivity index (χ0v) is 15.7. The van der Waals surface area contributed by atoms with E-state index in [9.17, 15) is 9.59 Å². The fraction of sp³-hybridized carbons (Fsp3) is 0.550. The second-order valence-corrected chi connectivity index (χ2v) is 7.24. The molecule has 1 aliphatic rings. The van der Waals surface area contributed by atoms with Crippen molar-refractivity contribution in [2.75, 3.05) is 19.6 Å². The van der Waals surface area contributed by atoms with Crippen LogP contribution in [0, 0.1) is 5.92 Å². The molecule has 0 spiro atoms. The van der Waals surface area contributed by atoms with E-state index in [0.29, 0.717) is 13.1 Å². The Labute approximate surface area is 154 Å². The van der Waals surface area contributed by atoms with Crippen molar-refractivity contribution in [2.45, 2.75) is 46.1 Å². The van der Waals surface area contributed by atoms with Crippen molar-refractivity contribution >= 4 is 22.8 Å². The van der Waals surface area contributed by atoms with Gasteiger partial charge in [0.05, 0.1) is 11.0 Å². The van der Waals surface area contributed by atoms with Crippen molar-refractivity contribution in [2.24, 2.45) is 5.92 Å². The van der Waals surface area contributed by atoms with E-state index in [1.165, 1.54) is 0 Å². The number of aryl methyl sites for hydroxylation is 1. The van der Waals surface area contributed by atoms with Gasteiger partial charge < -0.3 is 14.8 Å². The third-order valence-corrected chi connectivity index (χ3v) is 4.89. The van der Waals surface area contributed by atoms with E-state index in [0.717, 1.165) is 55.6 Å². The van der Waals surface area contributed by atoms with Crippen LogP contribution in [0.25, 0.3) is 11.0 Å². The number of carbonyl (C=O) groups is 2. The highest BCUT2D eigenvalue weighted by Gasteiger charge is 2.20. The molecular weight excluding hydrogens is 328 g/mol. The van der Waals surface area contributed by atoms with Gasteiger partial charge in [0.2, 0.25) is 11.8 Å². The minimum atomic E-state index is -0.00217. The summed E-state index contributed by atoms with van der Waals surface area (Å²) in [5, 5.41) is 2.94. The van der Waals surface area contributed by atoms with E-state index in [4.69, 9.17) is 4.98 Å². The molecule has 0 bridgehead atoms. The third kappa shape index (κ3) is 4.23. The van der Waals surface area contributed by atoms with Crippen molar-refractivity contribution in [3.8, 4) is 0 Å². The average Bonchev–Trinajstić information content (AvgIpc) is 3.27. The first kappa shape index (κ1) is 18.4. The molecular formula is C20H28N4O2. The number of rotatable bonds is 7. The summed E-state index contributed by atoms with van der Waals surface area (Å²) >= 11 is 0. The van der Waals surface area contributed by atoms with Gasteiger partial charge in [-0.1, -0.05) is 26.0 Å². The fourth-order valence-corrected chi connectivity index (χ4v) is 3.36. The van der Waals surface area contributed by atoms with E-state index in [1.54, 1.807) is 0 Å². The molecule has 1 fully saturated rings. The topological polar surface area (TPSA) is 67.2 Å². The number of likely N-dealkylation sites (tertiary alicyclic amines) is 1. The van der Waals surface area contributed by atoms with Crippen LogP contribution in [-0.4, -0.2) is 45.9 Å². The molecule has 6 heteroatoms. The summed E-state index contributed by atoms with van der Waals surface area (Å²) in [5.41, 5.74) is 1.92. The molecule has 1 saturated heterocycles. The number of hydrogen-bond donors (Lipinski definition) is 1. The summed E-state index contributed by atoms with van der Waals surface area (Å²) < 4.78 is 2.04. The molecule has 140 valence electrons. The molecule has 1 aromatic heterocycles. The van der Waals surface area contributed by atoms with Crippen LogP contribution in [0.4, 0.5) is 0 Å². The highest BCUT2D eigenvalue weighted by Crippen LogP contribution is 2.18. The van der Waals surface area contributed by atoms with Gasteiger partial charge in [0.1, 0.15) is 12.4 Å². The first-order valence-corrected chi connectivity index (χ1v) is 9.56. The zero-order valence-electron chi connectivity index (χ0n) is 15.7. The molecule has 2 heterocycles. The molecule has 1 aliphatic heterocycles. The molecule has 0 atom stereocenters. The van der Waals surface area contributed by atoms with Crippen LogP contribution < -0.4 is 5.32 Å². The Kier molecular flexibility index (Phi) is 5.91. The molecule has 1 aromatic carbocycles. The molecule has 0 aliphatic carbocycles. The maximum atomic E-state index is 12.6. The molecule has 0 radical (unpaired) electrons. The maximum Gasteiger partial charge on any atom is 0.242 e. The van der Waals surface area contributed by atoms with Crippen molar-refractivity contribution in [1.29, 1.82) is 0 Å². The lowest BCUT2D eigenvalue weighted by molar-refractivity contribution is -0.130. The Morgan fingerprint density at radius 1 is 1.19 bits per heavy atom. The van der Waals surface area contributed by atoms with Crippen molar-refractivity contribution in [3.63, 3.8) is 0 Å². The van der Waals surface area contributed by atoms with Gasteiger partial charge in [0.25, 0.3) is 0 Å². The lowest BCUT2D eigenvalue weighted by atomic mass is 10.2. The Hall–Kier alpha value is -2.37. The van der Waals surface area contributed by atoms with E-state index in [-0.39, 0.29) is 17.7 Å². The monoisotopic (exact) mass is 356 g/mol. The van der Waals surface area contributed by atoms with Gasteiger partial charge in [0, 0.05) is 32.0 Å². The number of nitrogens with one attached hydrogen (secondary N) is 1. The van der Waals surface area contributed by atoms with Gasteiger partial charge >= 0.3 is 0 Å². The third-order valence-electron chi connectivity index (χ3n) is 4.89. The summed E-state index contributed by atoms with van der Waals surface area (Å²) in [7, 11) is 0. The zero-order chi connectivity index (χ0) is 18.5. The lowest BCUT2D eigenvalue weighted by Crippen LogP contribution is -2.31. The number of nitrogens with zero attached hydrogens (tertiary/aromatic N) is 3. The number of para-hydroxylation sites is 2. The second kappa shape index (κ2) is 8.34. The molecule has 3 rings (SSSR count). The summed E-state index contributed by atoms with van der Waals surface area (Å²) in [4.78, 5) is 31.0. The molecule has 26 heavy (non-hydrogen) atoms. The first-order chi connectivity index (χ1) is 12.6. The summed E-state index contributed by atoms with van der Waals surface area (Å²) in [6.45, 7) is 6.47. The maximum absolute atomic E-state index is 12.6. The lowest BCUT2D eigenvalue weighted by Gasteiger charge is -2.17. The molecule has 6 nitrogen and oxygen atoms in total. The van der Waals surface area contributed by atoms with Crippen LogP contribution in [-0.2, 0) is 22.6 Å². The standard InChI is InChI=1S/C20H28N4O2/c1-15(2)20(26)21-11-7-10-18-22-16-8-3-4-9-17(16)24(18)14-19(25)23-12-5-6-13-23/h3-4,8-9,15H,5-7,10-14H2,1-2H3,(H,21,26). The minimum Gasteiger partial charge on any atom is -0.356 e. The van der Waals surface area contributed by atoms with Crippen LogP contribution in [0.1, 0.15) is 38.9 Å². The first-order valence-electron chi connectivity index (χ1n) is 9.56. The Balaban J connectivity index is 1.70. The predicted molar refractivity (Wildman–Crippen MR) is 102 cm³/mol. The van der Waals surface area contributed by atoms with Gasteiger partial charge in [-0.3, -0.25) is 9.59 Å². The molecule has 2 amide bonds. The van der Waals surface area contributed by atoms with E-state index >= 15 is 0 Å². The smallest absolute Gasteiger partial charge is 0.242 e. The number of imidazole rings is 1. The van der Waals surface area contributed by atoms with Crippen molar-refractivity contribution in [1.82, 2.24) is 19.8 Å². The SMILES string of the molecule is CC(C)C(=O)NCCCc1nc2ccccc2n1CC(=O)N1CCCC1. The fourth-order valence-electron chi connectivity index (χ4n) is 3.36. The van der Waals surface area contributed by atoms with Gasteiger partial charge in [-0.05, 0) is 31.4 Å². The number of aromatic nitrogens is 2. The molecule has 2 aromatic rings. The van der Waals surface area contributed by atoms with E-state index in [2.05, 4.69) is 5.32 Å². The van der Waals surface area contributed by atoms with Crippen LogP contribution in [0.2, 0.25) is 0 Å². The number of benzene rings is 1. The number of hydrogen-bond acceptors (Lipinski definition) is 3. The summed E-state index contributed by atoms with van der Waals surface area (Å²) in [6, 6.07) is 7.95. The second-order valence-electron chi connectivity index (χ2n) is 7.24. The van der Waals surface area contributed by atoms with Crippen LogP contribution >= 0.6 is 0 Å². The van der Waals surface area contributed by atoms with Gasteiger partial charge in [0.15, 0.2) is 0 Å². The quantitative estimate of drug-likeness (QED) is 0.775. The predicted octanol–water partition coefficient (Wildman–Crippen LogP) is 2.36. The molecule has 0 unspecified atom stereocenters. The highest BCUT2D eigenvalue weighted by atomic mass is 16.2. The highest BCUT2D eigenvalue weighted by molar-refractivity contribution is 5.81. The van der Waals surface area contributed by atoms with Crippen LogP contribution in [0.15, 0.2) is 24.3 Å². The minimum absolute atomic E-state index is 0.00217. The number of fused-ring (bicyclic) bond motifs is 1. The molecule has 0 saturated carbocycles. The Bertz CT molecular complexity index is 775. The van der Waals surface area contributed by atoms with Gasteiger partial charge in [-0.15, -0.1) is 0 Å². The Morgan fingerprint density at radius 2 is 1.92 bits per heavy atom. The van der Waals surface area contributed by atoms with Gasteiger partial charge in [-0.25, -0.2) is 4.98 Å². The normalized spacial score (nSPS) is 14.3. The van der Waals surface area contributed by atoms with Crippen molar-refractivity contribution < 1.29 is 9.59 Å². The van der Waals surface area contributed by atoms with E-state index in [1.807, 2.05) is 47.6 Å². The van der Waals surface area contributed by atoms with Crippen molar-refractivity contribution in [3.05, 3.63) is 30.1 Å². The van der Waals surface area contributed by atoms with Crippen LogP contribution in [0.5, 0.6) is 0 Å². The summed E-state index contributed by atoms with van der Waals surface area (Å²) in [5.74, 6) is 1.15. The summed E-state index contributed by atoms with van der Waals surface area (Å²) in [6.07, 6.45) is 3.73.